The van der Waals surface area contributed by atoms with E-state index >= 15 is 0 Å². The van der Waals surface area contributed by atoms with Crippen molar-refractivity contribution in [3.05, 3.63) is 65.9 Å². The molecule has 27 heavy (non-hydrogen) atoms. The van der Waals surface area contributed by atoms with Gasteiger partial charge in [0.1, 0.15) is 0 Å². The minimum Gasteiger partial charge on any atom is -0.378 e. The summed E-state index contributed by atoms with van der Waals surface area (Å²) in [5.74, 6) is 0.821. The summed E-state index contributed by atoms with van der Waals surface area (Å²) < 4.78 is 0. The summed E-state index contributed by atoms with van der Waals surface area (Å²) in [6, 6.07) is 16.9. The molecular weight excluding hydrogens is 449 g/mol. The molecule has 0 amide bonds. The first-order valence-corrected chi connectivity index (χ1v) is 8.93. The van der Waals surface area contributed by atoms with E-state index in [0.29, 0.717) is 0 Å². The molecular formula is C21H28IN5. The SMILES string of the molecule is CN=C(NCCc1c[nH]c2ccccc12)NCc1ccc(N(C)C)cc1.I. The maximum Gasteiger partial charge on any atom is 0.191 e. The second-order valence-electron chi connectivity index (χ2n) is 6.52. The first kappa shape index (κ1) is 21.1. The number of nitrogens with zero attached hydrogens (tertiary/aromatic N) is 2. The summed E-state index contributed by atoms with van der Waals surface area (Å²) in [7, 11) is 5.90. The lowest BCUT2D eigenvalue weighted by molar-refractivity contribution is 0.796. The van der Waals surface area contributed by atoms with Gasteiger partial charge in [0, 0.05) is 57.0 Å². The Morgan fingerprint density at radius 3 is 2.48 bits per heavy atom. The van der Waals surface area contributed by atoms with Crippen molar-refractivity contribution in [2.45, 2.75) is 13.0 Å². The lowest BCUT2D eigenvalue weighted by Crippen LogP contribution is -2.37. The quantitative estimate of drug-likeness (QED) is 0.288. The monoisotopic (exact) mass is 477 g/mol. The standard InChI is InChI=1S/C21H27N5.HI/c1-22-21(25-14-16-8-10-18(11-9-16)26(2)3)23-13-12-17-15-24-20-7-5-4-6-19(17)20;/h4-11,15,24H,12-14H2,1-3H3,(H2,22,23,25);1H. The van der Waals surface area contributed by atoms with E-state index in [0.717, 1.165) is 25.5 Å². The van der Waals surface area contributed by atoms with Gasteiger partial charge in [-0.15, -0.1) is 24.0 Å². The fourth-order valence-corrected chi connectivity index (χ4v) is 2.97. The molecule has 0 atom stereocenters. The van der Waals surface area contributed by atoms with Gasteiger partial charge in [0.15, 0.2) is 5.96 Å². The molecule has 0 spiro atoms. The highest BCUT2D eigenvalue weighted by molar-refractivity contribution is 14.0. The lowest BCUT2D eigenvalue weighted by Gasteiger charge is -2.14. The Morgan fingerprint density at radius 1 is 1.04 bits per heavy atom. The van der Waals surface area contributed by atoms with Crippen LogP contribution >= 0.6 is 24.0 Å². The normalized spacial score (nSPS) is 11.1. The van der Waals surface area contributed by atoms with Crippen molar-refractivity contribution < 1.29 is 0 Å². The molecule has 0 saturated heterocycles. The molecule has 5 nitrogen and oxygen atoms in total. The van der Waals surface area contributed by atoms with Crippen molar-refractivity contribution in [2.24, 2.45) is 4.99 Å². The number of para-hydroxylation sites is 1. The van der Waals surface area contributed by atoms with Gasteiger partial charge < -0.3 is 20.5 Å². The second-order valence-corrected chi connectivity index (χ2v) is 6.52. The maximum atomic E-state index is 4.31. The maximum absolute atomic E-state index is 4.31. The number of anilines is 1. The number of rotatable bonds is 6. The summed E-state index contributed by atoms with van der Waals surface area (Å²) in [5.41, 5.74) is 4.94. The first-order valence-electron chi connectivity index (χ1n) is 8.93. The number of fused-ring (bicyclic) bond motifs is 1. The molecule has 1 heterocycles. The van der Waals surface area contributed by atoms with Gasteiger partial charge in [-0.2, -0.15) is 0 Å². The molecule has 0 unspecified atom stereocenters. The number of hydrogen-bond acceptors (Lipinski definition) is 2. The number of hydrogen-bond donors (Lipinski definition) is 3. The van der Waals surface area contributed by atoms with Crippen LogP contribution in [0, 0.1) is 0 Å². The van der Waals surface area contributed by atoms with Crippen molar-refractivity contribution in [1.82, 2.24) is 15.6 Å². The molecule has 144 valence electrons. The average Bonchev–Trinajstić information content (AvgIpc) is 3.08. The number of benzene rings is 2. The van der Waals surface area contributed by atoms with Gasteiger partial charge in [0.2, 0.25) is 0 Å². The highest BCUT2D eigenvalue weighted by Crippen LogP contribution is 2.17. The number of guanidine groups is 1. The summed E-state index contributed by atoms with van der Waals surface area (Å²) in [6.45, 7) is 1.58. The molecule has 0 aliphatic heterocycles. The average molecular weight is 477 g/mol. The van der Waals surface area contributed by atoms with Crippen LogP contribution in [0.3, 0.4) is 0 Å². The van der Waals surface area contributed by atoms with E-state index in [4.69, 9.17) is 0 Å². The zero-order chi connectivity index (χ0) is 18.4. The largest absolute Gasteiger partial charge is 0.378 e. The Morgan fingerprint density at radius 2 is 1.78 bits per heavy atom. The molecule has 3 aromatic rings. The van der Waals surface area contributed by atoms with E-state index in [2.05, 4.69) is 80.2 Å². The number of nitrogens with one attached hydrogen (secondary N) is 3. The number of aromatic nitrogens is 1. The third-order valence-electron chi connectivity index (χ3n) is 4.50. The zero-order valence-electron chi connectivity index (χ0n) is 16.1. The number of H-pyrrole nitrogens is 1. The fourth-order valence-electron chi connectivity index (χ4n) is 2.97. The minimum absolute atomic E-state index is 0. The molecule has 0 aliphatic carbocycles. The molecule has 0 bridgehead atoms. The third-order valence-corrected chi connectivity index (χ3v) is 4.50. The Bertz CT molecular complexity index is 868. The molecule has 0 fully saturated rings. The van der Waals surface area contributed by atoms with E-state index in [1.54, 1.807) is 7.05 Å². The highest BCUT2D eigenvalue weighted by atomic mass is 127. The molecule has 0 saturated carbocycles. The van der Waals surface area contributed by atoms with Gasteiger partial charge in [-0.05, 0) is 35.7 Å². The predicted molar refractivity (Wildman–Crippen MR) is 126 cm³/mol. The predicted octanol–water partition coefficient (Wildman–Crippen LogP) is 3.76. The number of halogens is 1. The number of aliphatic imine (C=N–C) groups is 1. The van der Waals surface area contributed by atoms with Gasteiger partial charge in [-0.25, -0.2) is 0 Å². The smallest absolute Gasteiger partial charge is 0.191 e. The van der Waals surface area contributed by atoms with Crippen LogP contribution in [0.25, 0.3) is 10.9 Å². The first-order chi connectivity index (χ1) is 12.7. The van der Waals surface area contributed by atoms with Gasteiger partial charge >= 0.3 is 0 Å². The zero-order valence-corrected chi connectivity index (χ0v) is 18.5. The Kier molecular flexibility index (Phi) is 7.97. The van der Waals surface area contributed by atoms with Crippen LogP contribution in [-0.2, 0) is 13.0 Å². The van der Waals surface area contributed by atoms with Crippen LogP contribution in [0.1, 0.15) is 11.1 Å². The topological polar surface area (TPSA) is 55.5 Å². The van der Waals surface area contributed by atoms with E-state index in [1.165, 1.54) is 27.7 Å². The molecule has 0 radical (unpaired) electrons. The van der Waals surface area contributed by atoms with E-state index in [9.17, 15) is 0 Å². The third kappa shape index (κ3) is 5.63. The van der Waals surface area contributed by atoms with Crippen LogP contribution in [-0.4, -0.2) is 38.6 Å². The van der Waals surface area contributed by atoms with Gasteiger partial charge in [0.05, 0.1) is 0 Å². The van der Waals surface area contributed by atoms with Gasteiger partial charge in [-0.3, -0.25) is 4.99 Å². The van der Waals surface area contributed by atoms with E-state index in [1.807, 2.05) is 14.1 Å². The molecule has 1 aromatic heterocycles. The molecule has 3 rings (SSSR count). The molecule has 3 N–H and O–H groups in total. The van der Waals surface area contributed by atoms with Crippen LogP contribution in [0.2, 0.25) is 0 Å². The summed E-state index contributed by atoms with van der Waals surface area (Å²) in [5, 5.41) is 8.05. The van der Waals surface area contributed by atoms with Crippen molar-refractivity contribution in [1.29, 1.82) is 0 Å². The van der Waals surface area contributed by atoms with Crippen molar-refractivity contribution in [2.75, 3.05) is 32.6 Å². The van der Waals surface area contributed by atoms with Crippen molar-refractivity contribution in [3.63, 3.8) is 0 Å². The van der Waals surface area contributed by atoms with Crippen LogP contribution < -0.4 is 15.5 Å². The Hall–Kier alpha value is -2.22. The number of aromatic amines is 1. The second kappa shape index (κ2) is 10.2. The minimum atomic E-state index is 0. The molecule has 6 heteroatoms. The fraction of sp³-hybridized carbons (Fsp3) is 0.286. The van der Waals surface area contributed by atoms with E-state index in [-0.39, 0.29) is 24.0 Å². The van der Waals surface area contributed by atoms with Crippen molar-refractivity contribution in [3.8, 4) is 0 Å². The highest BCUT2D eigenvalue weighted by Gasteiger charge is 2.04. The van der Waals surface area contributed by atoms with Crippen LogP contribution in [0.5, 0.6) is 0 Å². The summed E-state index contributed by atoms with van der Waals surface area (Å²) in [6.07, 6.45) is 3.04. The van der Waals surface area contributed by atoms with Crippen molar-refractivity contribution >= 4 is 46.5 Å². The molecule has 0 aliphatic rings. The van der Waals surface area contributed by atoms with Gasteiger partial charge in [0.25, 0.3) is 0 Å². The lowest BCUT2D eigenvalue weighted by atomic mass is 10.1. The van der Waals surface area contributed by atoms with Crippen LogP contribution in [0.15, 0.2) is 59.7 Å². The Balaban J connectivity index is 0.00000261. The van der Waals surface area contributed by atoms with Gasteiger partial charge in [-0.1, -0.05) is 30.3 Å². The summed E-state index contributed by atoms with van der Waals surface area (Å²) in [4.78, 5) is 9.73. The molecule has 2 aromatic carbocycles. The Labute approximate surface area is 178 Å². The summed E-state index contributed by atoms with van der Waals surface area (Å²) >= 11 is 0. The van der Waals surface area contributed by atoms with E-state index < -0.39 is 0 Å². The van der Waals surface area contributed by atoms with Crippen LogP contribution in [0.4, 0.5) is 5.69 Å².